The molecule has 1 heterocycles. The molecule has 1 aliphatic rings. The summed E-state index contributed by atoms with van der Waals surface area (Å²) >= 11 is -1.14. The van der Waals surface area contributed by atoms with Crippen molar-refractivity contribution in [3.05, 3.63) is 54.6 Å². The number of hydrogen-bond acceptors (Lipinski definition) is 2. The van der Waals surface area contributed by atoms with Gasteiger partial charge in [-0.1, -0.05) is 49.6 Å². The van der Waals surface area contributed by atoms with Crippen LogP contribution >= 0.6 is 0 Å². The van der Waals surface area contributed by atoms with Crippen LogP contribution in [0.5, 0.6) is 0 Å². The quantitative estimate of drug-likeness (QED) is 0.686. The second-order valence-corrected chi connectivity index (χ2v) is 8.14. The standard InChI is InChI=1S/C21H24N2OS/c1-23-20(16-8-4-2-5-9-16)14-17-12-13-19(15-21(17)23)25(24)22-18-10-6-3-7-11-18/h2,4-5,8-9,12-15,18,22H,3,6-7,10-11H2,1H3. The molecule has 1 atom stereocenters. The van der Waals surface area contributed by atoms with E-state index in [1.807, 2.05) is 12.1 Å². The number of fused-ring (bicyclic) bond motifs is 1. The molecular formula is C21H24N2OS. The highest BCUT2D eigenvalue weighted by atomic mass is 32.2. The Morgan fingerprint density at radius 3 is 2.52 bits per heavy atom. The first-order valence-corrected chi connectivity index (χ1v) is 10.2. The number of hydrogen-bond donors (Lipinski definition) is 1. The van der Waals surface area contributed by atoms with Crippen LogP contribution < -0.4 is 4.72 Å². The van der Waals surface area contributed by atoms with Gasteiger partial charge in [0.15, 0.2) is 4.90 Å². The summed E-state index contributed by atoms with van der Waals surface area (Å²) in [6.07, 6.45) is 6.06. The summed E-state index contributed by atoms with van der Waals surface area (Å²) in [6, 6.07) is 19.1. The smallest absolute Gasteiger partial charge is 0.176 e. The zero-order chi connectivity index (χ0) is 17.2. The van der Waals surface area contributed by atoms with Gasteiger partial charge in [0.25, 0.3) is 0 Å². The molecule has 1 aliphatic carbocycles. The Kier molecular flexibility index (Phi) is 4.84. The highest BCUT2D eigenvalue weighted by Gasteiger charge is 2.21. The minimum atomic E-state index is -1.14. The van der Waals surface area contributed by atoms with Gasteiger partial charge in [-0.05, 0) is 36.6 Å². The van der Waals surface area contributed by atoms with Crippen LogP contribution in [-0.4, -0.2) is 15.2 Å². The molecular weight excluding hydrogens is 328 g/mol. The fraction of sp³-hybridized carbons (Fsp3) is 0.333. The normalized spacial score (nSPS) is 17.0. The molecule has 0 amide bonds. The van der Waals surface area contributed by atoms with Crippen LogP contribution in [0.4, 0.5) is 0 Å². The van der Waals surface area contributed by atoms with E-state index in [0.29, 0.717) is 6.04 Å². The van der Waals surface area contributed by atoms with E-state index in [0.717, 1.165) is 23.3 Å². The van der Waals surface area contributed by atoms with Gasteiger partial charge in [-0.3, -0.25) is 0 Å². The first kappa shape index (κ1) is 16.7. The van der Waals surface area contributed by atoms with Crippen LogP contribution in [0.25, 0.3) is 22.2 Å². The predicted molar refractivity (Wildman–Crippen MR) is 105 cm³/mol. The third kappa shape index (κ3) is 3.47. The van der Waals surface area contributed by atoms with E-state index in [4.69, 9.17) is 0 Å². The maximum atomic E-state index is 12.7. The summed E-state index contributed by atoms with van der Waals surface area (Å²) in [5, 5.41) is 1.18. The Morgan fingerprint density at radius 1 is 1.00 bits per heavy atom. The van der Waals surface area contributed by atoms with E-state index in [-0.39, 0.29) is 0 Å². The molecule has 0 spiro atoms. The summed E-state index contributed by atoms with van der Waals surface area (Å²) in [6.45, 7) is 0. The summed E-state index contributed by atoms with van der Waals surface area (Å²) < 4.78 is 18.2. The summed E-state index contributed by atoms with van der Waals surface area (Å²) in [5.74, 6) is 0. The number of aromatic nitrogens is 1. The van der Waals surface area contributed by atoms with Gasteiger partial charge < -0.3 is 9.12 Å². The molecule has 1 saturated carbocycles. The van der Waals surface area contributed by atoms with Crippen LogP contribution in [0.15, 0.2) is 59.5 Å². The lowest BCUT2D eigenvalue weighted by Gasteiger charge is -2.23. The van der Waals surface area contributed by atoms with Gasteiger partial charge in [0.2, 0.25) is 0 Å². The number of rotatable bonds is 4. The third-order valence-corrected chi connectivity index (χ3v) is 6.41. The summed E-state index contributed by atoms with van der Waals surface area (Å²) in [7, 11) is 2.08. The van der Waals surface area contributed by atoms with E-state index in [2.05, 4.69) is 58.8 Å². The minimum Gasteiger partial charge on any atom is -0.593 e. The topological polar surface area (TPSA) is 40.0 Å². The fourth-order valence-corrected chi connectivity index (χ4v) is 4.84. The van der Waals surface area contributed by atoms with Crippen LogP contribution in [0.1, 0.15) is 32.1 Å². The van der Waals surface area contributed by atoms with Crippen molar-refractivity contribution >= 4 is 22.3 Å². The molecule has 1 unspecified atom stereocenters. The first-order valence-electron chi connectivity index (χ1n) is 9.05. The molecule has 4 heteroatoms. The van der Waals surface area contributed by atoms with Gasteiger partial charge >= 0.3 is 0 Å². The van der Waals surface area contributed by atoms with Gasteiger partial charge in [0.05, 0.1) is 22.9 Å². The van der Waals surface area contributed by atoms with Crippen molar-refractivity contribution < 1.29 is 4.55 Å². The molecule has 4 rings (SSSR count). The Morgan fingerprint density at radius 2 is 1.76 bits per heavy atom. The van der Waals surface area contributed by atoms with Crippen molar-refractivity contribution in [2.24, 2.45) is 7.05 Å². The van der Waals surface area contributed by atoms with E-state index >= 15 is 0 Å². The molecule has 1 aromatic heterocycles. The average Bonchev–Trinajstić information content (AvgIpc) is 2.99. The predicted octanol–water partition coefficient (Wildman–Crippen LogP) is 4.79. The van der Waals surface area contributed by atoms with Crippen molar-refractivity contribution in [3.63, 3.8) is 0 Å². The summed E-state index contributed by atoms with van der Waals surface area (Å²) in [5.41, 5.74) is 3.50. The molecule has 0 bridgehead atoms. The Hall–Kier alpha value is -1.75. The monoisotopic (exact) mass is 352 g/mol. The maximum absolute atomic E-state index is 12.7. The van der Waals surface area contributed by atoms with Crippen LogP contribution in [0.3, 0.4) is 0 Å². The van der Waals surface area contributed by atoms with Crippen molar-refractivity contribution in [2.45, 2.75) is 43.0 Å². The Labute approximate surface area is 152 Å². The van der Waals surface area contributed by atoms with Gasteiger partial charge in [-0.15, -0.1) is 4.72 Å². The molecule has 3 nitrogen and oxygen atoms in total. The molecule has 3 aromatic rings. The Bertz CT molecular complexity index is 853. The van der Waals surface area contributed by atoms with Crippen LogP contribution in [-0.2, 0) is 18.4 Å². The average molecular weight is 353 g/mol. The van der Waals surface area contributed by atoms with Gasteiger partial charge in [-0.25, -0.2) is 0 Å². The van der Waals surface area contributed by atoms with Crippen molar-refractivity contribution in [3.8, 4) is 11.3 Å². The lowest BCUT2D eigenvalue weighted by molar-refractivity contribution is 0.412. The lowest BCUT2D eigenvalue weighted by Crippen LogP contribution is -2.36. The van der Waals surface area contributed by atoms with Crippen molar-refractivity contribution in [1.29, 1.82) is 0 Å². The van der Waals surface area contributed by atoms with Crippen LogP contribution in [0.2, 0.25) is 0 Å². The minimum absolute atomic E-state index is 0.388. The lowest BCUT2D eigenvalue weighted by atomic mass is 9.96. The molecule has 0 aliphatic heterocycles. The van der Waals surface area contributed by atoms with Gasteiger partial charge in [-0.2, -0.15) is 0 Å². The number of nitrogens with zero attached hydrogens (tertiary/aromatic N) is 1. The van der Waals surface area contributed by atoms with Gasteiger partial charge in [0.1, 0.15) is 0 Å². The molecule has 1 fully saturated rings. The van der Waals surface area contributed by atoms with Crippen molar-refractivity contribution in [2.75, 3.05) is 0 Å². The van der Waals surface area contributed by atoms with E-state index in [1.165, 1.54) is 35.9 Å². The fourth-order valence-electron chi connectivity index (χ4n) is 3.75. The molecule has 130 valence electrons. The number of nitrogens with one attached hydrogen (secondary N) is 1. The van der Waals surface area contributed by atoms with E-state index in [1.54, 1.807) is 0 Å². The molecule has 0 saturated heterocycles. The second kappa shape index (κ2) is 7.24. The maximum Gasteiger partial charge on any atom is 0.176 e. The van der Waals surface area contributed by atoms with Crippen molar-refractivity contribution in [1.82, 2.24) is 9.29 Å². The van der Waals surface area contributed by atoms with Gasteiger partial charge in [0, 0.05) is 24.2 Å². The second-order valence-electron chi connectivity index (χ2n) is 6.90. The number of benzene rings is 2. The highest BCUT2D eigenvalue weighted by Crippen LogP contribution is 2.29. The SMILES string of the molecule is Cn1c(-c2ccccc2)cc2ccc([S+]([O-])NC3CCCCC3)cc21. The van der Waals surface area contributed by atoms with E-state index in [9.17, 15) is 4.55 Å². The largest absolute Gasteiger partial charge is 0.593 e. The molecule has 25 heavy (non-hydrogen) atoms. The third-order valence-electron chi connectivity index (χ3n) is 5.18. The van der Waals surface area contributed by atoms with E-state index < -0.39 is 11.4 Å². The molecule has 2 aromatic carbocycles. The molecule has 1 N–H and O–H groups in total. The highest BCUT2D eigenvalue weighted by molar-refractivity contribution is 7.89. The first-order chi connectivity index (χ1) is 12.2. The van der Waals surface area contributed by atoms with Crippen LogP contribution in [0, 0.1) is 0 Å². The zero-order valence-electron chi connectivity index (χ0n) is 14.6. The number of aryl methyl sites for hydroxylation is 1. The molecule has 0 radical (unpaired) electrons. The summed E-state index contributed by atoms with van der Waals surface area (Å²) in [4.78, 5) is 0.860. The zero-order valence-corrected chi connectivity index (χ0v) is 15.4. The Balaban J connectivity index is 1.62.